The van der Waals surface area contributed by atoms with Gasteiger partial charge in [0.15, 0.2) is 9.84 Å². The Morgan fingerprint density at radius 2 is 2.44 bits per heavy atom. The molecule has 4 nitrogen and oxygen atoms in total. The van der Waals surface area contributed by atoms with Crippen LogP contribution in [0.5, 0.6) is 0 Å². The lowest BCUT2D eigenvalue weighted by atomic mass is 10.2. The number of hydrogen-bond acceptors (Lipinski definition) is 5. The van der Waals surface area contributed by atoms with Crippen LogP contribution in [0, 0.1) is 0 Å². The van der Waals surface area contributed by atoms with Crippen molar-refractivity contribution < 1.29 is 8.42 Å². The van der Waals surface area contributed by atoms with Gasteiger partial charge in [-0.1, -0.05) is 6.92 Å². The van der Waals surface area contributed by atoms with Crippen molar-refractivity contribution in [1.29, 1.82) is 0 Å². The molecule has 0 unspecified atom stereocenters. The van der Waals surface area contributed by atoms with Gasteiger partial charge in [-0.05, 0) is 13.0 Å². The second-order valence-corrected chi connectivity index (χ2v) is 7.05. The normalized spacial score (nSPS) is 24.0. The molecule has 1 fully saturated rings. The monoisotopic (exact) mass is 260 g/mol. The second-order valence-electron chi connectivity index (χ2n) is 4.10. The molecule has 0 aromatic carbocycles. The minimum Gasteiger partial charge on any atom is -0.294 e. The molecule has 1 aromatic heterocycles. The Labute approximate surface area is 100 Å². The molecule has 1 atom stereocenters. The number of sulfone groups is 1. The summed E-state index contributed by atoms with van der Waals surface area (Å²) in [6.45, 7) is 3.70. The average Bonchev–Trinajstić information content (AvgIpc) is 2.83. The molecule has 6 heteroatoms. The summed E-state index contributed by atoms with van der Waals surface area (Å²) in [6, 6.07) is 0.177. The third-order valence-corrected chi connectivity index (χ3v) is 5.37. The minimum atomic E-state index is -2.79. The van der Waals surface area contributed by atoms with Gasteiger partial charge in [-0.25, -0.2) is 13.4 Å². The maximum Gasteiger partial charge on any atom is 0.151 e. The van der Waals surface area contributed by atoms with Crippen LogP contribution in [0.15, 0.2) is 10.9 Å². The number of aromatic nitrogens is 1. The van der Waals surface area contributed by atoms with Crippen LogP contribution in [0.1, 0.15) is 19.0 Å². The first-order valence-electron chi connectivity index (χ1n) is 5.42. The molecule has 0 bridgehead atoms. The Hall–Kier alpha value is -0.460. The predicted molar refractivity (Wildman–Crippen MR) is 65.3 cm³/mol. The lowest BCUT2D eigenvalue weighted by Gasteiger charge is -2.25. The molecule has 0 N–H and O–H groups in total. The topological polar surface area (TPSA) is 50.3 Å². The van der Waals surface area contributed by atoms with E-state index in [0.717, 1.165) is 25.2 Å². The highest BCUT2D eigenvalue weighted by molar-refractivity contribution is 7.91. The number of nitrogens with zero attached hydrogens (tertiary/aromatic N) is 2. The molecule has 2 rings (SSSR count). The third-order valence-electron chi connectivity index (χ3n) is 2.98. The summed E-state index contributed by atoms with van der Waals surface area (Å²) in [4.78, 5) is 6.45. The van der Waals surface area contributed by atoms with Gasteiger partial charge in [-0.2, -0.15) is 0 Å². The molecule has 1 aliphatic heterocycles. The van der Waals surface area contributed by atoms with E-state index in [9.17, 15) is 8.42 Å². The molecule has 2 heterocycles. The van der Waals surface area contributed by atoms with E-state index in [2.05, 4.69) is 16.8 Å². The van der Waals surface area contributed by atoms with Crippen molar-refractivity contribution in [2.45, 2.75) is 25.9 Å². The van der Waals surface area contributed by atoms with Crippen molar-refractivity contribution >= 4 is 21.2 Å². The lowest BCUT2D eigenvalue weighted by Crippen LogP contribution is -2.35. The standard InChI is InChI=1S/C10H16N2O2S2/c1-2-12(5-9-6-15-8-11-9)10-3-4-16(13,14)7-10/h6,8,10H,2-5,7H2,1H3/t10-/m0/s1. The summed E-state index contributed by atoms with van der Waals surface area (Å²) >= 11 is 1.58. The lowest BCUT2D eigenvalue weighted by molar-refractivity contribution is 0.213. The molecular weight excluding hydrogens is 244 g/mol. The van der Waals surface area contributed by atoms with Gasteiger partial charge in [0.2, 0.25) is 0 Å². The highest BCUT2D eigenvalue weighted by atomic mass is 32.2. The van der Waals surface area contributed by atoms with Crippen LogP contribution >= 0.6 is 11.3 Å². The Bertz CT molecular complexity index is 428. The molecule has 90 valence electrons. The molecule has 0 radical (unpaired) electrons. The average molecular weight is 260 g/mol. The van der Waals surface area contributed by atoms with Gasteiger partial charge in [-0.15, -0.1) is 11.3 Å². The van der Waals surface area contributed by atoms with Gasteiger partial charge >= 0.3 is 0 Å². The first kappa shape index (κ1) is 12.0. The smallest absolute Gasteiger partial charge is 0.151 e. The Balaban J connectivity index is 2.01. The summed E-state index contributed by atoms with van der Waals surface area (Å²) in [5.41, 5.74) is 2.85. The van der Waals surface area contributed by atoms with Gasteiger partial charge in [0.25, 0.3) is 0 Å². The van der Waals surface area contributed by atoms with Crippen molar-refractivity contribution in [2.75, 3.05) is 18.1 Å². The van der Waals surface area contributed by atoms with Crippen molar-refractivity contribution in [2.24, 2.45) is 0 Å². The van der Waals surface area contributed by atoms with Crippen LogP contribution in [-0.4, -0.2) is 42.4 Å². The van der Waals surface area contributed by atoms with Crippen LogP contribution in [0.2, 0.25) is 0 Å². The fourth-order valence-electron chi connectivity index (χ4n) is 2.09. The summed E-state index contributed by atoms with van der Waals surface area (Å²) in [5, 5.41) is 2.02. The molecule has 1 saturated heterocycles. The van der Waals surface area contributed by atoms with Crippen LogP contribution in [0.4, 0.5) is 0 Å². The van der Waals surface area contributed by atoms with E-state index >= 15 is 0 Å². The molecule has 1 aliphatic rings. The van der Waals surface area contributed by atoms with Crippen LogP contribution < -0.4 is 0 Å². The summed E-state index contributed by atoms with van der Waals surface area (Å²) < 4.78 is 22.8. The van der Waals surface area contributed by atoms with E-state index < -0.39 is 9.84 Å². The molecule has 0 amide bonds. The van der Waals surface area contributed by atoms with Crippen LogP contribution in [-0.2, 0) is 16.4 Å². The molecule has 0 aliphatic carbocycles. The van der Waals surface area contributed by atoms with Crippen molar-refractivity contribution in [1.82, 2.24) is 9.88 Å². The largest absolute Gasteiger partial charge is 0.294 e. The third kappa shape index (κ3) is 2.81. The summed E-state index contributed by atoms with van der Waals surface area (Å²) in [6.07, 6.45) is 0.764. The first-order chi connectivity index (χ1) is 7.61. The Morgan fingerprint density at radius 3 is 2.94 bits per heavy atom. The number of thiazole rings is 1. The van der Waals surface area contributed by atoms with E-state index in [1.807, 2.05) is 10.9 Å². The van der Waals surface area contributed by atoms with Gasteiger partial charge in [0.1, 0.15) is 0 Å². The van der Waals surface area contributed by atoms with E-state index in [0.29, 0.717) is 11.5 Å². The van der Waals surface area contributed by atoms with Gasteiger partial charge in [0, 0.05) is 18.0 Å². The molecule has 16 heavy (non-hydrogen) atoms. The van der Waals surface area contributed by atoms with Crippen molar-refractivity contribution in [3.05, 3.63) is 16.6 Å². The van der Waals surface area contributed by atoms with Gasteiger partial charge in [-0.3, -0.25) is 4.90 Å². The van der Waals surface area contributed by atoms with E-state index in [4.69, 9.17) is 0 Å². The first-order valence-corrected chi connectivity index (χ1v) is 8.18. The molecule has 0 saturated carbocycles. The zero-order chi connectivity index (χ0) is 11.6. The molecule has 1 aromatic rings. The summed E-state index contributed by atoms with van der Waals surface area (Å²) in [5.74, 6) is 0.649. The Kier molecular flexibility index (Phi) is 3.61. The van der Waals surface area contributed by atoms with E-state index in [-0.39, 0.29) is 6.04 Å². The quantitative estimate of drug-likeness (QED) is 0.815. The van der Waals surface area contributed by atoms with E-state index in [1.165, 1.54) is 0 Å². The minimum absolute atomic E-state index is 0.177. The zero-order valence-electron chi connectivity index (χ0n) is 9.30. The van der Waals surface area contributed by atoms with Gasteiger partial charge in [0.05, 0.1) is 22.7 Å². The van der Waals surface area contributed by atoms with Crippen molar-refractivity contribution in [3.8, 4) is 0 Å². The number of rotatable bonds is 4. The van der Waals surface area contributed by atoms with Crippen LogP contribution in [0.3, 0.4) is 0 Å². The zero-order valence-corrected chi connectivity index (χ0v) is 10.9. The SMILES string of the molecule is CCN(Cc1cscn1)[C@H]1CCS(=O)(=O)C1. The van der Waals surface area contributed by atoms with Gasteiger partial charge < -0.3 is 0 Å². The predicted octanol–water partition coefficient (Wildman–Crippen LogP) is 1.15. The summed E-state index contributed by atoms with van der Waals surface area (Å²) in [7, 11) is -2.79. The fourth-order valence-corrected chi connectivity index (χ4v) is 4.40. The maximum absolute atomic E-state index is 11.4. The van der Waals surface area contributed by atoms with Crippen LogP contribution in [0.25, 0.3) is 0 Å². The molecular formula is C10H16N2O2S2. The van der Waals surface area contributed by atoms with E-state index in [1.54, 1.807) is 11.3 Å². The Morgan fingerprint density at radius 1 is 1.62 bits per heavy atom. The number of hydrogen-bond donors (Lipinski definition) is 0. The second kappa shape index (κ2) is 4.81. The highest BCUT2D eigenvalue weighted by Gasteiger charge is 2.31. The highest BCUT2D eigenvalue weighted by Crippen LogP contribution is 2.19. The maximum atomic E-state index is 11.4. The fraction of sp³-hybridized carbons (Fsp3) is 0.700. The van der Waals surface area contributed by atoms with Crippen molar-refractivity contribution in [3.63, 3.8) is 0 Å². The molecule has 0 spiro atoms.